The maximum absolute atomic E-state index is 5.62. The molecule has 2 aromatic heterocycles. The van der Waals surface area contributed by atoms with E-state index in [1.54, 1.807) is 7.11 Å². The Hall–Kier alpha value is -3.38. The smallest absolute Gasteiger partial charge is 0.144 e. The van der Waals surface area contributed by atoms with Gasteiger partial charge in [0.05, 0.1) is 37.4 Å². The Morgan fingerprint density at radius 3 is 2.82 bits per heavy atom. The van der Waals surface area contributed by atoms with Crippen LogP contribution in [0.1, 0.15) is 30.0 Å². The molecule has 6 rings (SSSR count). The molecule has 1 unspecified atom stereocenters. The highest BCUT2D eigenvalue weighted by Crippen LogP contribution is 2.39. The number of hydrogen-bond donors (Lipinski definition) is 0. The van der Waals surface area contributed by atoms with Crippen LogP contribution in [-0.4, -0.2) is 47.9 Å². The molecular weight excluding hydrogens is 412 g/mol. The van der Waals surface area contributed by atoms with Crippen molar-refractivity contribution in [3.05, 3.63) is 72.1 Å². The fourth-order valence-corrected chi connectivity index (χ4v) is 5.24. The number of anilines is 1. The molecule has 6 heteroatoms. The second-order valence-corrected chi connectivity index (χ2v) is 8.78. The van der Waals surface area contributed by atoms with Crippen molar-refractivity contribution >= 4 is 16.7 Å². The van der Waals surface area contributed by atoms with Crippen LogP contribution in [-0.2, 0) is 11.2 Å². The summed E-state index contributed by atoms with van der Waals surface area (Å²) in [6, 6.07) is 17.3. The molecule has 0 saturated carbocycles. The van der Waals surface area contributed by atoms with Gasteiger partial charge in [0.15, 0.2) is 0 Å². The Morgan fingerprint density at radius 1 is 1.06 bits per heavy atom. The lowest BCUT2D eigenvalue weighted by Crippen LogP contribution is -2.37. The number of aromatic nitrogens is 3. The molecule has 1 aliphatic carbocycles. The van der Waals surface area contributed by atoms with Crippen LogP contribution in [0.5, 0.6) is 5.75 Å². The largest absolute Gasteiger partial charge is 0.497 e. The van der Waals surface area contributed by atoms with Crippen LogP contribution in [0.15, 0.2) is 60.9 Å². The lowest BCUT2D eigenvalue weighted by Gasteiger charge is -2.31. The normalized spacial score (nSPS) is 18.3. The maximum Gasteiger partial charge on any atom is 0.144 e. The molecule has 0 N–H and O–H groups in total. The Bertz CT molecular complexity index is 1290. The summed E-state index contributed by atoms with van der Waals surface area (Å²) in [6.07, 6.45) is 7.37. The molecule has 1 aliphatic heterocycles. The van der Waals surface area contributed by atoms with Crippen molar-refractivity contribution in [2.24, 2.45) is 0 Å². The number of nitrogens with zero attached hydrogens (tertiary/aromatic N) is 4. The van der Waals surface area contributed by atoms with E-state index in [0.717, 1.165) is 79.4 Å². The Balaban J connectivity index is 1.49. The molecular formula is C27H28N4O2. The van der Waals surface area contributed by atoms with Crippen LogP contribution in [0, 0.1) is 0 Å². The number of pyridine rings is 1. The van der Waals surface area contributed by atoms with Gasteiger partial charge in [0, 0.05) is 30.9 Å². The summed E-state index contributed by atoms with van der Waals surface area (Å²) < 4.78 is 13.4. The van der Waals surface area contributed by atoms with Gasteiger partial charge in [0.25, 0.3) is 0 Å². The van der Waals surface area contributed by atoms with Crippen molar-refractivity contribution < 1.29 is 9.47 Å². The summed E-state index contributed by atoms with van der Waals surface area (Å²) in [5.41, 5.74) is 4.83. The standard InChI is InChI=1S/C27H28N4O2/c1-32-21-9-10-22-19(17-21)6-4-8-25(22)31-12-11-28-26(31)23-18-20-5-2-3-7-24(20)29-27(23)30-13-15-33-16-14-30/h2-3,5,7,9-12,17-18,25H,4,6,8,13-16H2,1H3. The van der Waals surface area contributed by atoms with E-state index in [0.29, 0.717) is 0 Å². The lowest BCUT2D eigenvalue weighted by molar-refractivity contribution is 0.122. The molecule has 0 spiro atoms. The van der Waals surface area contributed by atoms with Gasteiger partial charge in [-0.3, -0.25) is 0 Å². The Labute approximate surface area is 193 Å². The zero-order chi connectivity index (χ0) is 22.2. The molecule has 2 aromatic carbocycles. The highest BCUT2D eigenvalue weighted by Gasteiger charge is 2.27. The first-order valence-electron chi connectivity index (χ1n) is 11.7. The maximum atomic E-state index is 5.62. The van der Waals surface area contributed by atoms with Crippen LogP contribution in [0.4, 0.5) is 5.82 Å². The SMILES string of the molecule is COc1ccc2c(c1)CCCC2n1ccnc1-c1cc2ccccc2nc1N1CCOCC1. The lowest BCUT2D eigenvalue weighted by atomic mass is 9.87. The van der Waals surface area contributed by atoms with Crippen molar-refractivity contribution in [3.63, 3.8) is 0 Å². The summed E-state index contributed by atoms with van der Waals surface area (Å²) in [7, 11) is 1.73. The highest BCUT2D eigenvalue weighted by atomic mass is 16.5. The summed E-state index contributed by atoms with van der Waals surface area (Å²) in [5.74, 6) is 2.90. The zero-order valence-corrected chi connectivity index (χ0v) is 18.9. The molecule has 6 nitrogen and oxygen atoms in total. The summed E-state index contributed by atoms with van der Waals surface area (Å²) in [5, 5.41) is 1.13. The van der Waals surface area contributed by atoms with Gasteiger partial charge in [0.1, 0.15) is 17.4 Å². The minimum absolute atomic E-state index is 0.251. The minimum atomic E-state index is 0.251. The topological polar surface area (TPSA) is 52.4 Å². The van der Waals surface area contributed by atoms with Gasteiger partial charge in [0.2, 0.25) is 0 Å². The summed E-state index contributed by atoms with van der Waals surface area (Å²) >= 11 is 0. The van der Waals surface area contributed by atoms with Gasteiger partial charge in [-0.15, -0.1) is 0 Å². The number of aryl methyl sites for hydroxylation is 1. The summed E-state index contributed by atoms with van der Waals surface area (Å²) in [4.78, 5) is 12.3. The first-order chi connectivity index (χ1) is 16.3. The van der Waals surface area contributed by atoms with Crippen LogP contribution < -0.4 is 9.64 Å². The van der Waals surface area contributed by atoms with Gasteiger partial charge in [-0.05, 0) is 54.7 Å². The van der Waals surface area contributed by atoms with Crippen LogP contribution >= 0.6 is 0 Å². The number of ether oxygens (including phenoxy) is 2. The fourth-order valence-electron chi connectivity index (χ4n) is 5.24. The monoisotopic (exact) mass is 440 g/mol. The van der Waals surface area contributed by atoms with Gasteiger partial charge in [-0.25, -0.2) is 9.97 Å². The van der Waals surface area contributed by atoms with Crippen molar-refractivity contribution in [1.82, 2.24) is 14.5 Å². The van der Waals surface area contributed by atoms with E-state index >= 15 is 0 Å². The van der Waals surface area contributed by atoms with Gasteiger partial charge in [-0.1, -0.05) is 24.3 Å². The number of para-hydroxylation sites is 1. The van der Waals surface area contributed by atoms with Crippen molar-refractivity contribution in [1.29, 1.82) is 0 Å². The van der Waals surface area contributed by atoms with Crippen molar-refractivity contribution in [3.8, 4) is 17.1 Å². The molecule has 1 fully saturated rings. The van der Waals surface area contributed by atoms with E-state index in [4.69, 9.17) is 19.4 Å². The second kappa shape index (κ2) is 8.52. The van der Waals surface area contributed by atoms with Gasteiger partial charge >= 0.3 is 0 Å². The molecule has 2 aliphatic rings. The molecule has 0 radical (unpaired) electrons. The third kappa shape index (κ3) is 3.64. The third-order valence-corrected chi connectivity index (χ3v) is 6.89. The zero-order valence-electron chi connectivity index (χ0n) is 18.9. The fraction of sp³-hybridized carbons (Fsp3) is 0.333. The molecule has 1 atom stereocenters. The molecule has 3 heterocycles. The van der Waals surface area contributed by atoms with E-state index in [9.17, 15) is 0 Å². The van der Waals surface area contributed by atoms with E-state index in [1.165, 1.54) is 11.1 Å². The van der Waals surface area contributed by atoms with Crippen LogP contribution in [0.3, 0.4) is 0 Å². The number of hydrogen-bond acceptors (Lipinski definition) is 5. The van der Waals surface area contributed by atoms with Gasteiger partial charge < -0.3 is 18.9 Å². The van der Waals surface area contributed by atoms with E-state index in [1.807, 2.05) is 12.3 Å². The van der Waals surface area contributed by atoms with Crippen LogP contribution in [0.25, 0.3) is 22.3 Å². The number of fused-ring (bicyclic) bond motifs is 2. The highest BCUT2D eigenvalue weighted by molar-refractivity contribution is 5.88. The molecule has 1 saturated heterocycles. The first kappa shape index (κ1) is 20.2. The number of benzene rings is 2. The molecule has 168 valence electrons. The number of imidazole rings is 1. The van der Waals surface area contributed by atoms with E-state index in [-0.39, 0.29) is 6.04 Å². The Kier molecular flexibility index (Phi) is 5.23. The van der Waals surface area contributed by atoms with Crippen molar-refractivity contribution in [2.45, 2.75) is 25.3 Å². The summed E-state index contributed by atoms with van der Waals surface area (Å²) in [6.45, 7) is 3.12. The van der Waals surface area contributed by atoms with Crippen molar-refractivity contribution in [2.75, 3.05) is 38.3 Å². The molecule has 33 heavy (non-hydrogen) atoms. The average Bonchev–Trinajstić information content (AvgIpc) is 3.37. The first-order valence-corrected chi connectivity index (χ1v) is 11.7. The second-order valence-electron chi connectivity index (χ2n) is 8.78. The predicted molar refractivity (Wildman–Crippen MR) is 130 cm³/mol. The molecule has 0 bridgehead atoms. The Morgan fingerprint density at radius 2 is 1.94 bits per heavy atom. The third-order valence-electron chi connectivity index (χ3n) is 6.89. The van der Waals surface area contributed by atoms with E-state index in [2.05, 4.69) is 58.1 Å². The van der Waals surface area contributed by atoms with E-state index < -0.39 is 0 Å². The quantitative estimate of drug-likeness (QED) is 0.453. The molecule has 0 amide bonds. The number of methoxy groups -OCH3 is 1. The van der Waals surface area contributed by atoms with Gasteiger partial charge in [-0.2, -0.15) is 0 Å². The number of morpholine rings is 1. The van der Waals surface area contributed by atoms with Crippen LogP contribution in [0.2, 0.25) is 0 Å². The average molecular weight is 441 g/mol. The minimum Gasteiger partial charge on any atom is -0.497 e. The molecule has 4 aromatic rings. The number of rotatable bonds is 4. The predicted octanol–water partition coefficient (Wildman–Crippen LogP) is 4.87.